The third-order valence-corrected chi connectivity index (χ3v) is 4.08. The van der Waals surface area contributed by atoms with Gasteiger partial charge in [0.15, 0.2) is 5.78 Å². The molecule has 0 radical (unpaired) electrons. The smallest absolute Gasteiger partial charge is 0.423 e. The van der Waals surface area contributed by atoms with Crippen molar-refractivity contribution in [2.45, 2.75) is 83.2 Å². The van der Waals surface area contributed by atoms with Gasteiger partial charge in [-0.15, -0.1) is 0 Å². The summed E-state index contributed by atoms with van der Waals surface area (Å²) in [5.41, 5.74) is -2.21. The second-order valence-electron chi connectivity index (χ2n) is 8.55. The van der Waals surface area contributed by atoms with Crippen LogP contribution in [0.1, 0.15) is 47.5 Å². The van der Waals surface area contributed by atoms with Crippen LogP contribution in [-0.2, 0) is 23.8 Å². The first-order valence-electron chi connectivity index (χ1n) is 9.81. The number of hydrogen-bond acceptors (Lipinski definition) is 6. The maximum atomic E-state index is 12.6. The lowest BCUT2D eigenvalue weighted by molar-refractivity contribution is -0.319. The minimum atomic E-state index is -5.79. The van der Waals surface area contributed by atoms with Gasteiger partial charge in [0.25, 0.3) is 5.91 Å². The van der Waals surface area contributed by atoms with Gasteiger partial charge in [0.1, 0.15) is 17.8 Å². The highest BCUT2D eigenvalue weighted by molar-refractivity contribution is 5.92. The fourth-order valence-electron chi connectivity index (χ4n) is 2.19. The van der Waals surface area contributed by atoms with E-state index in [0.29, 0.717) is 0 Å². The van der Waals surface area contributed by atoms with E-state index in [4.69, 9.17) is 9.47 Å². The second kappa shape index (κ2) is 11.9. The number of halogens is 6. The minimum Gasteiger partial charge on any atom is -0.444 e. The molecule has 0 aromatic carbocycles. The standard InChI is InChI=1S/C19H30F6N2O6/c1-16(2,3)33-15(30)26-9-7-8-11(27-14(29)17(4,5)31-6)12(28)10-32-13(18(20,21)22)19(23,24)25/h11,13H,7-10H2,1-6H3,(H,26,30)(H,27,29)/t11-/m0/s1. The number of alkyl halides is 6. The molecule has 2 amide bonds. The highest BCUT2D eigenvalue weighted by Crippen LogP contribution is 2.35. The predicted octanol–water partition coefficient (Wildman–Crippen LogP) is 3.28. The van der Waals surface area contributed by atoms with E-state index in [1.54, 1.807) is 20.8 Å². The maximum absolute atomic E-state index is 12.6. The summed E-state index contributed by atoms with van der Waals surface area (Å²) < 4.78 is 89.5. The van der Waals surface area contributed by atoms with Crippen LogP contribution in [0.2, 0.25) is 0 Å². The molecule has 33 heavy (non-hydrogen) atoms. The topological polar surface area (TPSA) is 103 Å². The van der Waals surface area contributed by atoms with Gasteiger partial charge in [-0.3, -0.25) is 9.59 Å². The molecule has 0 spiro atoms. The molecule has 194 valence electrons. The molecule has 0 aliphatic heterocycles. The number of Topliss-reactive ketones (excluding diaryl/α,β-unsaturated/α-hetero) is 1. The Bertz CT molecular complexity index is 659. The van der Waals surface area contributed by atoms with Crippen molar-refractivity contribution in [2.75, 3.05) is 20.3 Å². The van der Waals surface area contributed by atoms with Crippen LogP contribution in [-0.4, -0.2) is 73.7 Å². The molecule has 14 heteroatoms. The van der Waals surface area contributed by atoms with Crippen LogP contribution >= 0.6 is 0 Å². The first-order valence-corrected chi connectivity index (χ1v) is 9.81. The molecule has 0 heterocycles. The van der Waals surface area contributed by atoms with Gasteiger partial charge in [-0.2, -0.15) is 26.3 Å². The Morgan fingerprint density at radius 1 is 0.909 bits per heavy atom. The highest BCUT2D eigenvalue weighted by atomic mass is 19.4. The minimum absolute atomic E-state index is 0.0330. The number of carbonyl (C=O) groups excluding carboxylic acids is 3. The number of hydrogen-bond donors (Lipinski definition) is 2. The van der Waals surface area contributed by atoms with E-state index in [9.17, 15) is 40.7 Å². The molecule has 0 fully saturated rings. The number of rotatable bonds is 11. The van der Waals surface area contributed by atoms with Crippen LogP contribution in [0, 0.1) is 0 Å². The summed E-state index contributed by atoms with van der Waals surface area (Å²) in [6.45, 7) is 5.97. The molecule has 0 saturated heterocycles. The van der Waals surface area contributed by atoms with Crippen LogP contribution in [0.4, 0.5) is 31.1 Å². The van der Waals surface area contributed by atoms with Gasteiger partial charge in [0.2, 0.25) is 6.10 Å². The van der Waals surface area contributed by atoms with Crippen molar-refractivity contribution in [3.63, 3.8) is 0 Å². The van der Waals surface area contributed by atoms with Crippen LogP contribution in [0.25, 0.3) is 0 Å². The average Bonchev–Trinajstić information content (AvgIpc) is 2.60. The zero-order valence-electron chi connectivity index (χ0n) is 19.2. The zero-order valence-corrected chi connectivity index (χ0v) is 19.2. The molecule has 2 N–H and O–H groups in total. The van der Waals surface area contributed by atoms with Crippen molar-refractivity contribution < 1.29 is 54.9 Å². The quantitative estimate of drug-likeness (QED) is 0.336. The highest BCUT2D eigenvalue weighted by Gasteiger charge is 2.58. The van der Waals surface area contributed by atoms with E-state index < -0.39 is 60.1 Å². The largest absolute Gasteiger partial charge is 0.444 e. The summed E-state index contributed by atoms with van der Waals surface area (Å²) in [6, 6.07) is -1.49. The molecule has 8 nitrogen and oxygen atoms in total. The fraction of sp³-hybridized carbons (Fsp3) is 0.842. The Kier molecular flexibility index (Phi) is 11.1. The van der Waals surface area contributed by atoms with E-state index in [1.807, 2.05) is 0 Å². The predicted molar refractivity (Wildman–Crippen MR) is 103 cm³/mol. The Morgan fingerprint density at radius 2 is 1.42 bits per heavy atom. The molecule has 0 bridgehead atoms. The third-order valence-electron chi connectivity index (χ3n) is 4.08. The molecule has 0 aromatic rings. The van der Waals surface area contributed by atoms with Gasteiger partial charge in [-0.05, 0) is 47.5 Å². The van der Waals surface area contributed by atoms with Crippen molar-refractivity contribution in [1.82, 2.24) is 10.6 Å². The summed E-state index contributed by atoms with van der Waals surface area (Å²) in [7, 11) is 1.20. The Labute approximate surface area is 187 Å². The maximum Gasteiger partial charge on any atom is 0.423 e. The normalized spacial score (nSPS) is 14.1. The van der Waals surface area contributed by atoms with Gasteiger partial charge in [0, 0.05) is 13.7 Å². The monoisotopic (exact) mass is 496 g/mol. The number of alkyl carbamates (subject to hydrolysis) is 1. The number of nitrogens with one attached hydrogen (secondary N) is 2. The fourth-order valence-corrected chi connectivity index (χ4v) is 2.19. The SMILES string of the molecule is COC(C)(C)C(=O)N[C@@H](CCCNC(=O)OC(C)(C)C)C(=O)COC(C(F)(F)F)C(F)(F)F. The van der Waals surface area contributed by atoms with Crippen molar-refractivity contribution in [3.8, 4) is 0 Å². The third kappa shape index (κ3) is 12.1. The number of ether oxygens (including phenoxy) is 3. The van der Waals surface area contributed by atoms with Crippen LogP contribution in [0.3, 0.4) is 0 Å². The summed E-state index contributed by atoms with van der Waals surface area (Å²) in [6.07, 6.45) is -16.7. The number of methoxy groups -OCH3 is 1. The Morgan fingerprint density at radius 3 is 1.85 bits per heavy atom. The molecular weight excluding hydrogens is 466 g/mol. The van der Waals surface area contributed by atoms with Gasteiger partial charge in [-0.25, -0.2) is 4.79 Å². The Balaban J connectivity index is 5.20. The van der Waals surface area contributed by atoms with Crippen molar-refractivity contribution >= 4 is 17.8 Å². The molecule has 0 aliphatic carbocycles. The van der Waals surface area contributed by atoms with Gasteiger partial charge in [-0.1, -0.05) is 0 Å². The van der Waals surface area contributed by atoms with E-state index in [1.165, 1.54) is 21.0 Å². The molecule has 0 rings (SSSR count). The van der Waals surface area contributed by atoms with Gasteiger partial charge >= 0.3 is 18.4 Å². The van der Waals surface area contributed by atoms with Gasteiger partial charge in [0.05, 0.1) is 6.04 Å². The van der Waals surface area contributed by atoms with Crippen LogP contribution in [0.15, 0.2) is 0 Å². The first kappa shape index (κ1) is 30.9. The number of ketones is 1. The summed E-state index contributed by atoms with van der Waals surface area (Å²) in [4.78, 5) is 36.3. The van der Waals surface area contributed by atoms with E-state index in [0.717, 1.165) is 0 Å². The first-order chi connectivity index (χ1) is 14.7. The number of carbonyl (C=O) groups is 3. The van der Waals surface area contributed by atoms with Crippen molar-refractivity contribution in [3.05, 3.63) is 0 Å². The van der Waals surface area contributed by atoms with E-state index in [2.05, 4.69) is 15.4 Å². The molecule has 0 saturated carbocycles. The van der Waals surface area contributed by atoms with Crippen molar-refractivity contribution in [2.24, 2.45) is 0 Å². The zero-order chi connectivity index (χ0) is 26.3. The van der Waals surface area contributed by atoms with Crippen molar-refractivity contribution in [1.29, 1.82) is 0 Å². The summed E-state index contributed by atoms with van der Waals surface area (Å²) in [5.74, 6) is -2.04. The van der Waals surface area contributed by atoms with Gasteiger partial charge < -0.3 is 24.8 Å². The van der Waals surface area contributed by atoms with E-state index in [-0.39, 0.29) is 19.4 Å². The lowest BCUT2D eigenvalue weighted by Crippen LogP contribution is -2.52. The molecule has 0 aliphatic rings. The van der Waals surface area contributed by atoms with Crippen LogP contribution in [0.5, 0.6) is 0 Å². The molecule has 0 unspecified atom stereocenters. The molecule has 1 atom stereocenters. The van der Waals surface area contributed by atoms with Crippen LogP contribution < -0.4 is 10.6 Å². The molecule has 0 aromatic heterocycles. The lowest BCUT2D eigenvalue weighted by atomic mass is 10.0. The number of amides is 2. The summed E-state index contributed by atoms with van der Waals surface area (Å²) in [5, 5.41) is 4.62. The van der Waals surface area contributed by atoms with E-state index >= 15 is 0 Å². The lowest BCUT2D eigenvalue weighted by Gasteiger charge is -2.27. The summed E-state index contributed by atoms with van der Waals surface area (Å²) >= 11 is 0. The Hall–Kier alpha value is -2.09. The average molecular weight is 496 g/mol. The molecular formula is C19H30F6N2O6. The second-order valence-corrected chi connectivity index (χ2v) is 8.55.